The summed E-state index contributed by atoms with van der Waals surface area (Å²) < 4.78 is 21.0. The molecule has 0 aliphatic heterocycles. The number of ether oxygens (including phenoxy) is 3. The van der Waals surface area contributed by atoms with Crippen molar-refractivity contribution in [3.63, 3.8) is 0 Å². The first-order chi connectivity index (χ1) is 12.7. The maximum absolute atomic E-state index is 5.37. The Morgan fingerprint density at radius 1 is 0.962 bits per heavy atom. The van der Waals surface area contributed by atoms with Crippen LogP contribution < -0.4 is 24.8 Å². The summed E-state index contributed by atoms with van der Waals surface area (Å²) in [5.74, 6) is 2.69. The summed E-state index contributed by atoms with van der Waals surface area (Å²) in [6.45, 7) is 0.436. The second-order valence-corrected chi connectivity index (χ2v) is 5.09. The molecule has 9 nitrogen and oxygen atoms in total. The van der Waals surface area contributed by atoms with Crippen molar-refractivity contribution in [3.8, 4) is 17.5 Å². The molecule has 0 amide bonds. The smallest absolute Gasteiger partial charge is 0.322 e. The Balaban J connectivity index is 1.81. The Morgan fingerprint density at radius 2 is 1.81 bits per heavy atom. The largest absolute Gasteiger partial charge is 0.497 e. The molecule has 136 valence electrons. The van der Waals surface area contributed by atoms with Gasteiger partial charge in [0.1, 0.15) is 17.3 Å². The number of nitrogens with zero attached hydrogens (tertiary/aromatic N) is 3. The number of rotatable bonds is 8. The summed E-state index contributed by atoms with van der Waals surface area (Å²) in [4.78, 5) is 12.7. The fraction of sp³-hybridized carbons (Fsp3) is 0.235. The maximum Gasteiger partial charge on any atom is 0.322 e. The van der Waals surface area contributed by atoms with E-state index >= 15 is 0 Å². The SMILES string of the molecule is COc1ccc(Nc2nc(NCc3ccco3)nc(OC)n2)c(OC)c1. The minimum absolute atomic E-state index is 0.178. The van der Waals surface area contributed by atoms with Crippen LogP contribution in [-0.2, 0) is 6.54 Å². The molecule has 2 heterocycles. The van der Waals surface area contributed by atoms with Gasteiger partial charge in [0.2, 0.25) is 11.9 Å². The molecule has 3 rings (SSSR count). The number of benzene rings is 1. The van der Waals surface area contributed by atoms with Crippen LogP contribution in [0.25, 0.3) is 0 Å². The van der Waals surface area contributed by atoms with Crippen molar-refractivity contribution < 1.29 is 18.6 Å². The molecule has 0 atom stereocenters. The fourth-order valence-electron chi connectivity index (χ4n) is 2.18. The summed E-state index contributed by atoms with van der Waals surface area (Å²) in [7, 11) is 4.66. The normalized spacial score (nSPS) is 10.3. The molecular weight excluding hydrogens is 338 g/mol. The van der Waals surface area contributed by atoms with Crippen LogP contribution in [0, 0.1) is 0 Å². The van der Waals surface area contributed by atoms with Crippen LogP contribution in [0.1, 0.15) is 5.76 Å². The third kappa shape index (κ3) is 4.12. The predicted molar refractivity (Wildman–Crippen MR) is 95.2 cm³/mol. The quantitative estimate of drug-likeness (QED) is 0.629. The van der Waals surface area contributed by atoms with E-state index in [1.54, 1.807) is 32.6 Å². The van der Waals surface area contributed by atoms with Gasteiger partial charge in [-0.1, -0.05) is 0 Å². The van der Waals surface area contributed by atoms with Crippen molar-refractivity contribution in [3.05, 3.63) is 42.4 Å². The summed E-state index contributed by atoms with van der Waals surface area (Å²) >= 11 is 0. The standard InChI is InChI=1S/C17H19N5O4/c1-23-11-6-7-13(14(9-11)24-2)19-16-20-15(21-17(22-16)25-3)18-10-12-5-4-8-26-12/h4-9H,10H2,1-3H3,(H2,18,19,20,21,22). The third-order valence-corrected chi connectivity index (χ3v) is 3.45. The van der Waals surface area contributed by atoms with Crippen LogP contribution in [0.3, 0.4) is 0 Å². The van der Waals surface area contributed by atoms with Gasteiger partial charge in [-0.3, -0.25) is 0 Å². The first-order valence-electron chi connectivity index (χ1n) is 7.77. The molecule has 26 heavy (non-hydrogen) atoms. The molecule has 9 heteroatoms. The predicted octanol–water partition coefficient (Wildman–Crippen LogP) is 2.85. The Bertz CT molecular complexity index is 854. The van der Waals surface area contributed by atoms with E-state index in [1.165, 1.54) is 7.11 Å². The van der Waals surface area contributed by atoms with Crippen LogP contribution in [0.4, 0.5) is 17.6 Å². The van der Waals surface area contributed by atoms with Gasteiger partial charge in [-0.05, 0) is 24.3 Å². The topological polar surface area (TPSA) is 104 Å². The summed E-state index contributed by atoms with van der Waals surface area (Å²) in [6.07, 6.45) is 1.61. The first kappa shape index (κ1) is 17.3. The molecule has 3 aromatic rings. The summed E-state index contributed by atoms with van der Waals surface area (Å²) in [6, 6.07) is 9.22. The van der Waals surface area contributed by atoms with E-state index in [0.717, 1.165) is 5.76 Å². The number of hydrogen-bond donors (Lipinski definition) is 2. The minimum Gasteiger partial charge on any atom is -0.497 e. The van der Waals surface area contributed by atoms with Crippen molar-refractivity contribution >= 4 is 17.6 Å². The Hall–Kier alpha value is -3.49. The van der Waals surface area contributed by atoms with Gasteiger partial charge in [0.05, 0.1) is 39.8 Å². The van der Waals surface area contributed by atoms with Gasteiger partial charge in [-0.2, -0.15) is 15.0 Å². The van der Waals surface area contributed by atoms with E-state index < -0.39 is 0 Å². The number of nitrogens with one attached hydrogen (secondary N) is 2. The van der Waals surface area contributed by atoms with Crippen molar-refractivity contribution in [2.24, 2.45) is 0 Å². The van der Waals surface area contributed by atoms with Crippen molar-refractivity contribution in [1.82, 2.24) is 15.0 Å². The zero-order valence-electron chi connectivity index (χ0n) is 14.6. The van der Waals surface area contributed by atoms with Gasteiger partial charge in [0, 0.05) is 6.07 Å². The second kappa shape index (κ2) is 8.06. The highest BCUT2D eigenvalue weighted by atomic mass is 16.5. The van der Waals surface area contributed by atoms with E-state index in [0.29, 0.717) is 35.6 Å². The molecule has 0 saturated heterocycles. The molecule has 0 fully saturated rings. The van der Waals surface area contributed by atoms with E-state index in [4.69, 9.17) is 18.6 Å². The molecule has 2 aromatic heterocycles. The van der Waals surface area contributed by atoms with E-state index in [9.17, 15) is 0 Å². The Kier molecular flexibility index (Phi) is 5.37. The number of anilines is 3. The van der Waals surface area contributed by atoms with E-state index in [1.807, 2.05) is 18.2 Å². The van der Waals surface area contributed by atoms with Crippen LogP contribution in [0.15, 0.2) is 41.0 Å². The van der Waals surface area contributed by atoms with Crippen molar-refractivity contribution in [2.75, 3.05) is 32.0 Å². The van der Waals surface area contributed by atoms with E-state index in [-0.39, 0.29) is 6.01 Å². The van der Waals surface area contributed by atoms with Crippen LogP contribution in [0.2, 0.25) is 0 Å². The van der Waals surface area contributed by atoms with Crippen molar-refractivity contribution in [2.45, 2.75) is 6.54 Å². The highest BCUT2D eigenvalue weighted by Crippen LogP contribution is 2.31. The zero-order chi connectivity index (χ0) is 18.4. The lowest BCUT2D eigenvalue weighted by Crippen LogP contribution is -2.08. The Labute approximate surface area is 150 Å². The molecule has 0 aliphatic rings. The summed E-state index contributed by atoms with van der Waals surface area (Å²) in [5.41, 5.74) is 0.679. The molecular formula is C17H19N5O4. The molecule has 0 aliphatic carbocycles. The van der Waals surface area contributed by atoms with Crippen LogP contribution in [-0.4, -0.2) is 36.3 Å². The van der Waals surface area contributed by atoms with E-state index in [2.05, 4.69) is 25.6 Å². The highest BCUT2D eigenvalue weighted by Gasteiger charge is 2.11. The van der Waals surface area contributed by atoms with Gasteiger partial charge < -0.3 is 29.3 Å². The fourth-order valence-corrected chi connectivity index (χ4v) is 2.18. The zero-order valence-corrected chi connectivity index (χ0v) is 14.6. The highest BCUT2D eigenvalue weighted by molar-refractivity contribution is 5.64. The molecule has 0 radical (unpaired) electrons. The van der Waals surface area contributed by atoms with Gasteiger partial charge >= 0.3 is 6.01 Å². The lowest BCUT2D eigenvalue weighted by molar-refractivity contribution is 0.379. The molecule has 0 spiro atoms. The van der Waals surface area contributed by atoms with Crippen molar-refractivity contribution in [1.29, 1.82) is 0 Å². The molecule has 0 unspecified atom stereocenters. The first-order valence-corrected chi connectivity index (χ1v) is 7.77. The lowest BCUT2D eigenvalue weighted by atomic mass is 10.2. The molecule has 0 bridgehead atoms. The van der Waals surface area contributed by atoms with Gasteiger partial charge in [-0.15, -0.1) is 0 Å². The van der Waals surface area contributed by atoms with Gasteiger partial charge in [-0.25, -0.2) is 0 Å². The second-order valence-electron chi connectivity index (χ2n) is 5.09. The van der Waals surface area contributed by atoms with Crippen LogP contribution >= 0.6 is 0 Å². The van der Waals surface area contributed by atoms with Gasteiger partial charge in [0.15, 0.2) is 0 Å². The maximum atomic E-state index is 5.37. The number of methoxy groups -OCH3 is 3. The molecule has 0 saturated carbocycles. The molecule has 2 N–H and O–H groups in total. The van der Waals surface area contributed by atoms with Crippen LogP contribution in [0.5, 0.6) is 17.5 Å². The monoisotopic (exact) mass is 357 g/mol. The number of hydrogen-bond acceptors (Lipinski definition) is 9. The van der Waals surface area contributed by atoms with Gasteiger partial charge in [0.25, 0.3) is 0 Å². The summed E-state index contributed by atoms with van der Waals surface area (Å²) in [5, 5.41) is 6.16. The lowest BCUT2D eigenvalue weighted by Gasteiger charge is -2.12. The average Bonchev–Trinajstić information content (AvgIpc) is 3.20. The third-order valence-electron chi connectivity index (χ3n) is 3.45. The molecule has 1 aromatic carbocycles. The average molecular weight is 357 g/mol. The number of aromatic nitrogens is 3. The minimum atomic E-state index is 0.178. The number of furan rings is 1. The Morgan fingerprint density at radius 3 is 2.50 bits per heavy atom.